The summed E-state index contributed by atoms with van der Waals surface area (Å²) in [5.74, 6) is -0.476. The van der Waals surface area contributed by atoms with Crippen LogP contribution in [0, 0.1) is 5.82 Å². The van der Waals surface area contributed by atoms with E-state index in [1.165, 1.54) is 18.2 Å². The van der Waals surface area contributed by atoms with Crippen LogP contribution in [-0.4, -0.2) is 28.5 Å². The normalized spacial score (nSPS) is 12.6. The van der Waals surface area contributed by atoms with Crippen LogP contribution in [0.1, 0.15) is 33.3 Å². The van der Waals surface area contributed by atoms with Gasteiger partial charge in [0.1, 0.15) is 5.82 Å². The van der Waals surface area contributed by atoms with Crippen molar-refractivity contribution in [3.8, 4) is 0 Å². The Morgan fingerprint density at radius 1 is 1.32 bits per heavy atom. The summed E-state index contributed by atoms with van der Waals surface area (Å²) in [6.45, 7) is 6.62. The van der Waals surface area contributed by atoms with Gasteiger partial charge in [0.25, 0.3) is 0 Å². The maximum atomic E-state index is 13.3. The minimum atomic E-state index is -1.35. The Hall–Kier alpha value is -0.945. The van der Waals surface area contributed by atoms with Crippen LogP contribution >= 0.6 is 0 Å². The van der Waals surface area contributed by atoms with E-state index in [0.717, 1.165) is 0 Å². The highest BCUT2D eigenvalue weighted by atomic mass is 19.1. The molecule has 19 heavy (non-hydrogen) atoms. The zero-order valence-corrected chi connectivity index (χ0v) is 11.8. The number of halogens is 1. The number of hydrogen-bond acceptors (Lipinski definition) is 4. The van der Waals surface area contributed by atoms with Gasteiger partial charge < -0.3 is 20.5 Å². The lowest BCUT2D eigenvalue weighted by molar-refractivity contribution is -0.0982. The van der Waals surface area contributed by atoms with E-state index in [2.05, 4.69) is 0 Å². The van der Waals surface area contributed by atoms with E-state index >= 15 is 0 Å². The van der Waals surface area contributed by atoms with E-state index < -0.39 is 24.1 Å². The van der Waals surface area contributed by atoms with Gasteiger partial charge in [0.15, 0.2) is 0 Å². The molecule has 0 bridgehead atoms. The monoisotopic (exact) mass is 269 g/mol. The fourth-order valence-electron chi connectivity index (χ4n) is 1.47. The van der Waals surface area contributed by atoms with Crippen LogP contribution in [0.3, 0.4) is 0 Å². The number of nitrogens with two attached hydrogens (primary N) is 1. The van der Waals surface area contributed by atoms with Crippen LogP contribution in [0.25, 0.3) is 0 Å². The lowest BCUT2D eigenvalue weighted by Gasteiger charge is -2.38. The average molecular weight is 269 g/mol. The summed E-state index contributed by atoms with van der Waals surface area (Å²) in [5.41, 5.74) is 4.25. The first kappa shape index (κ1) is 16.1. The fourth-order valence-corrected chi connectivity index (χ4v) is 1.47. The van der Waals surface area contributed by atoms with E-state index in [4.69, 9.17) is 10.4 Å². The van der Waals surface area contributed by atoms with Crippen molar-refractivity contribution in [2.75, 3.05) is 0 Å². The first-order valence-electron chi connectivity index (χ1n) is 6.15. The molecule has 0 spiro atoms. The summed E-state index contributed by atoms with van der Waals surface area (Å²) in [6, 6.07) is 3.97. The van der Waals surface area contributed by atoms with Crippen molar-refractivity contribution in [3.05, 3.63) is 29.6 Å². The van der Waals surface area contributed by atoms with Crippen LogP contribution in [0.4, 0.5) is 4.39 Å². The maximum absolute atomic E-state index is 13.3. The molecule has 0 unspecified atom stereocenters. The molecule has 1 rings (SSSR count). The molecule has 0 aliphatic rings. The highest BCUT2D eigenvalue weighted by molar-refractivity contribution is 6.60. The van der Waals surface area contributed by atoms with Crippen molar-refractivity contribution in [2.45, 2.75) is 45.4 Å². The third kappa shape index (κ3) is 3.76. The number of hydrogen-bond donors (Lipinski definition) is 3. The molecule has 4 nitrogen and oxygen atoms in total. The zero-order chi connectivity index (χ0) is 14.8. The molecular weight excluding hydrogens is 248 g/mol. The average Bonchev–Trinajstić information content (AvgIpc) is 2.26. The first-order chi connectivity index (χ1) is 8.58. The topological polar surface area (TPSA) is 75.7 Å². The van der Waals surface area contributed by atoms with Crippen molar-refractivity contribution >= 4 is 12.6 Å². The summed E-state index contributed by atoms with van der Waals surface area (Å²) in [6.07, 6.45) is 0. The van der Waals surface area contributed by atoms with Gasteiger partial charge in [-0.1, -0.05) is 6.07 Å². The second-order valence-electron chi connectivity index (χ2n) is 5.59. The Bertz CT molecular complexity index is 446. The third-order valence-corrected chi connectivity index (χ3v) is 3.47. The Morgan fingerprint density at radius 3 is 2.37 bits per heavy atom. The summed E-state index contributed by atoms with van der Waals surface area (Å²) in [7, 11) is -1.35. The molecule has 0 fully saturated rings. The molecule has 0 aliphatic heterocycles. The van der Waals surface area contributed by atoms with E-state index in [9.17, 15) is 14.5 Å². The van der Waals surface area contributed by atoms with Gasteiger partial charge in [-0.15, -0.1) is 0 Å². The second-order valence-corrected chi connectivity index (χ2v) is 5.59. The standard InChI is InChI=1S/C13H21BFNO3/c1-12(2,17)13(3,4)19-14(18)11-7-10(15)6-5-9(11)8-16/h5-7,17-18H,8,16H2,1-4H3. The number of rotatable bonds is 5. The molecule has 0 radical (unpaired) electrons. The van der Waals surface area contributed by atoms with Gasteiger partial charge >= 0.3 is 7.12 Å². The van der Waals surface area contributed by atoms with Crippen LogP contribution in [0.15, 0.2) is 18.2 Å². The first-order valence-corrected chi connectivity index (χ1v) is 6.15. The largest absolute Gasteiger partial charge is 0.492 e. The molecule has 106 valence electrons. The summed E-state index contributed by atoms with van der Waals surface area (Å²) >= 11 is 0. The zero-order valence-electron chi connectivity index (χ0n) is 11.8. The van der Waals surface area contributed by atoms with Gasteiger partial charge in [-0.05, 0) is 50.9 Å². The van der Waals surface area contributed by atoms with Crippen molar-refractivity contribution < 1.29 is 19.2 Å². The lowest BCUT2D eigenvalue weighted by Crippen LogP contribution is -2.53. The molecule has 1 aromatic rings. The molecule has 0 aromatic heterocycles. The molecule has 1 aromatic carbocycles. The van der Waals surface area contributed by atoms with Crippen molar-refractivity contribution in [3.63, 3.8) is 0 Å². The molecule has 6 heteroatoms. The Labute approximate surface area is 113 Å². The van der Waals surface area contributed by atoms with Crippen molar-refractivity contribution in [2.24, 2.45) is 5.73 Å². The van der Waals surface area contributed by atoms with Gasteiger partial charge in [0.05, 0.1) is 11.2 Å². The quantitative estimate of drug-likeness (QED) is 0.682. The predicted octanol–water partition coefficient (Wildman–Crippen LogP) is 0.538. The summed E-state index contributed by atoms with van der Waals surface area (Å²) in [4.78, 5) is 0. The highest BCUT2D eigenvalue weighted by Crippen LogP contribution is 2.25. The molecule has 0 heterocycles. The van der Waals surface area contributed by atoms with Gasteiger partial charge in [0.2, 0.25) is 0 Å². The third-order valence-electron chi connectivity index (χ3n) is 3.47. The van der Waals surface area contributed by atoms with Crippen LogP contribution in [0.2, 0.25) is 0 Å². The second kappa shape index (κ2) is 5.59. The maximum Gasteiger partial charge on any atom is 0.492 e. The van der Waals surface area contributed by atoms with E-state index in [0.29, 0.717) is 5.56 Å². The van der Waals surface area contributed by atoms with Crippen LogP contribution < -0.4 is 11.2 Å². The van der Waals surface area contributed by atoms with Gasteiger partial charge in [-0.3, -0.25) is 0 Å². The minimum absolute atomic E-state index is 0.166. The predicted molar refractivity (Wildman–Crippen MR) is 73.4 cm³/mol. The minimum Gasteiger partial charge on any atom is -0.423 e. The van der Waals surface area contributed by atoms with Crippen LogP contribution in [-0.2, 0) is 11.2 Å². The molecular formula is C13H21BFNO3. The molecule has 0 amide bonds. The highest BCUT2D eigenvalue weighted by Gasteiger charge is 2.40. The Balaban J connectivity index is 3.01. The molecule has 0 atom stereocenters. The number of aliphatic hydroxyl groups is 1. The number of benzene rings is 1. The Morgan fingerprint density at radius 2 is 1.89 bits per heavy atom. The smallest absolute Gasteiger partial charge is 0.423 e. The molecule has 4 N–H and O–H groups in total. The van der Waals surface area contributed by atoms with Gasteiger partial charge in [-0.25, -0.2) is 4.39 Å². The molecule has 0 aliphatic carbocycles. The fraction of sp³-hybridized carbons (Fsp3) is 0.538. The van der Waals surface area contributed by atoms with E-state index in [1.807, 2.05) is 0 Å². The molecule has 0 saturated heterocycles. The van der Waals surface area contributed by atoms with E-state index in [1.54, 1.807) is 27.7 Å². The summed E-state index contributed by atoms with van der Waals surface area (Å²) in [5, 5.41) is 20.1. The van der Waals surface area contributed by atoms with Gasteiger partial charge in [-0.2, -0.15) is 0 Å². The summed E-state index contributed by atoms with van der Waals surface area (Å²) < 4.78 is 18.7. The lowest BCUT2D eigenvalue weighted by atomic mass is 9.74. The van der Waals surface area contributed by atoms with Crippen LogP contribution in [0.5, 0.6) is 0 Å². The Kier molecular flexibility index (Phi) is 4.74. The van der Waals surface area contributed by atoms with Gasteiger partial charge in [0, 0.05) is 6.54 Å². The van der Waals surface area contributed by atoms with Crippen molar-refractivity contribution in [1.82, 2.24) is 0 Å². The molecule has 0 saturated carbocycles. The van der Waals surface area contributed by atoms with Crippen molar-refractivity contribution in [1.29, 1.82) is 0 Å². The SMILES string of the molecule is CC(C)(O)C(C)(C)OB(O)c1cc(F)ccc1CN. The van der Waals surface area contributed by atoms with E-state index in [-0.39, 0.29) is 12.0 Å².